The van der Waals surface area contributed by atoms with E-state index >= 15 is 0 Å². The molecule has 0 aromatic heterocycles. The van der Waals surface area contributed by atoms with Crippen molar-refractivity contribution in [3.05, 3.63) is 64.7 Å². The minimum Gasteiger partial charge on any atom is -0.489 e. The minimum absolute atomic E-state index is 0.171. The van der Waals surface area contributed by atoms with Crippen molar-refractivity contribution in [3.8, 4) is 5.75 Å². The van der Waals surface area contributed by atoms with Crippen LogP contribution in [0.4, 0.5) is 0 Å². The van der Waals surface area contributed by atoms with Gasteiger partial charge in [-0.25, -0.2) is 4.79 Å². The van der Waals surface area contributed by atoms with E-state index in [2.05, 4.69) is 0 Å². The molecule has 2 aromatic carbocycles. The number of carbonyl (C=O) groups is 1. The second-order valence-electron chi connectivity index (χ2n) is 5.12. The van der Waals surface area contributed by atoms with Crippen LogP contribution in [0.3, 0.4) is 0 Å². The SMILES string of the molecule is CCO[C@H](C(=O)O)[C@H](O)c1ccc(OCc2ccccc2)cc1Cl. The molecule has 0 spiro atoms. The predicted molar refractivity (Wildman–Crippen MR) is 90.2 cm³/mol. The summed E-state index contributed by atoms with van der Waals surface area (Å²) in [7, 11) is 0. The van der Waals surface area contributed by atoms with Gasteiger partial charge in [-0.1, -0.05) is 48.0 Å². The average Bonchev–Trinajstić information content (AvgIpc) is 2.58. The van der Waals surface area contributed by atoms with Gasteiger partial charge in [-0.15, -0.1) is 0 Å². The number of halogens is 1. The number of carboxylic acid groups (broad SMARTS) is 1. The summed E-state index contributed by atoms with van der Waals surface area (Å²) >= 11 is 6.17. The molecule has 0 aliphatic rings. The highest BCUT2D eigenvalue weighted by atomic mass is 35.5. The molecule has 2 N–H and O–H groups in total. The molecule has 5 nitrogen and oxygen atoms in total. The van der Waals surface area contributed by atoms with Gasteiger partial charge in [0.2, 0.25) is 0 Å². The summed E-state index contributed by atoms with van der Waals surface area (Å²) in [5, 5.41) is 19.6. The Kier molecular flexibility index (Phi) is 6.61. The quantitative estimate of drug-likeness (QED) is 0.762. The van der Waals surface area contributed by atoms with Crippen LogP contribution in [0.1, 0.15) is 24.2 Å². The van der Waals surface area contributed by atoms with Crippen molar-refractivity contribution in [2.24, 2.45) is 0 Å². The first-order valence-corrected chi connectivity index (χ1v) is 7.89. The molecule has 0 aliphatic heterocycles. The van der Waals surface area contributed by atoms with Crippen LogP contribution < -0.4 is 4.74 Å². The third-order valence-electron chi connectivity index (χ3n) is 3.42. The van der Waals surface area contributed by atoms with Gasteiger partial charge in [0.1, 0.15) is 18.5 Å². The van der Waals surface area contributed by atoms with Gasteiger partial charge in [0, 0.05) is 12.2 Å². The van der Waals surface area contributed by atoms with Gasteiger partial charge >= 0.3 is 5.97 Å². The number of benzene rings is 2. The molecule has 0 aliphatic carbocycles. The lowest BCUT2D eigenvalue weighted by Gasteiger charge is -2.20. The monoisotopic (exact) mass is 350 g/mol. The van der Waals surface area contributed by atoms with Gasteiger partial charge in [0.05, 0.1) is 5.02 Å². The first-order valence-electron chi connectivity index (χ1n) is 7.51. The number of hydrogen-bond acceptors (Lipinski definition) is 4. The molecule has 128 valence electrons. The van der Waals surface area contributed by atoms with E-state index in [1.165, 1.54) is 0 Å². The van der Waals surface area contributed by atoms with Crippen molar-refractivity contribution in [2.75, 3.05) is 6.61 Å². The van der Waals surface area contributed by atoms with Crippen molar-refractivity contribution < 1.29 is 24.5 Å². The summed E-state index contributed by atoms with van der Waals surface area (Å²) in [5.74, 6) is -0.715. The topological polar surface area (TPSA) is 76.0 Å². The molecule has 2 rings (SSSR count). The number of rotatable bonds is 8. The van der Waals surface area contributed by atoms with Crippen molar-refractivity contribution in [3.63, 3.8) is 0 Å². The van der Waals surface area contributed by atoms with Gasteiger partial charge in [-0.3, -0.25) is 0 Å². The highest BCUT2D eigenvalue weighted by Gasteiger charge is 2.29. The fraction of sp³-hybridized carbons (Fsp3) is 0.278. The number of ether oxygens (including phenoxy) is 2. The lowest BCUT2D eigenvalue weighted by Crippen LogP contribution is -2.31. The zero-order valence-electron chi connectivity index (χ0n) is 13.2. The summed E-state index contributed by atoms with van der Waals surface area (Å²) < 4.78 is 10.7. The number of carboxylic acids is 1. The van der Waals surface area contributed by atoms with Crippen molar-refractivity contribution in [2.45, 2.75) is 25.7 Å². The molecular formula is C18H19ClO5. The Morgan fingerprint density at radius 3 is 2.50 bits per heavy atom. The molecule has 0 bridgehead atoms. The summed E-state index contributed by atoms with van der Waals surface area (Å²) in [5.41, 5.74) is 1.30. The van der Waals surface area contributed by atoms with Crippen molar-refractivity contribution in [1.29, 1.82) is 0 Å². The second-order valence-corrected chi connectivity index (χ2v) is 5.52. The lowest BCUT2D eigenvalue weighted by molar-refractivity contribution is -0.158. The zero-order valence-corrected chi connectivity index (χ0v) is 13.9. The smallest absolute Gasteiger partial charge is 0.335 e. The molecule has 24 heavy (non-hydrogen) atoms. The van der Waals surface area contributed by atoms with Crippen LogP contribution in [0.5, 0.6) is 5.75 Å². The van der Waals surface area contributed by atoms with Crippen molar-refractivity contribution in [1.82, 2.24) is 0 Å². The van der Waals surface area contributed by atoms with Crippen LogP contribution in [0.15, 0.2) is 48.5 Å². The number of aliphatic carboxylic acids is 1. The van der Waals surface area contributed by atoms with E-state index in [4.69, 9.17) is 26.2 Å². The largest absolute Gasteiger partial charge is 0.489 e. The molecule has 0 unspecified atom stereocenters. The van der Waals surface area contributed by atoms with Gasteiger partial charge in [-0.05, 0) is 24.6 Å². The molecule has 0 saturated carbocycles. The normalized spacial score (nSPS) is 13.3. The van der Waals surface area contributed by atoms with Crippen LogP contribution in [0, 0.1) is 0 Å². The van der Waals surface area contributed by atoms with Crippen LogP contribution in [-0.2, 0) is 16.1 Å². The fourth-order valence-electron chi connectivity index (χ4n) is 2.22. The Hall–Kier alpha value is -2.08. The highest BCUT2D eigenvalue weighted by Crippen LogP contribution is 2.30. The van der Waals surface area contributed by atoms with Gasteiger partial charge < -0.3 is 19.7 Å². The molecule has 0 radical (unpaired) electrons. The van der Waals surface area contributed by atoms with Crippen LogP contribution in [0.2, 0.25) is 5.02 Å². The van der Waals surface area contributed by atoms with Gasteiger partial charge in [-0.2, -0.15) is 0 Å². The van der Waals surface area contributed by atoms with Crippen LogP contribution >= 0.6 is 11.6 Å². The maximum absolute atomic E-state index is 11.2. The van der Waals surface area contributed by atoms with Crippen LogP contribution in [0.25, 0.3) is 0 Å². The Balaban J connectivity index is 2.09. The van der Waals surface area contributed by atoms with Gasteiger partial charge in [0.25, 0.3) is 0 Å². The minimum atomic E-state index is -1.37. The summed E-state index contributed by atoms with van der Waals surface area (Å²) in [4.78, 5) is 11.2. The zero-order chi connectivity index (χ0) is 17.5. The molecule has 2 aromatic rings. The van der Waals surface area contributed by atoms with E-state index in [1.54, 1.807) is 25.1 Å². The van der Waals surface area contributed by atoms with E-state index in [-0.39, 0.29) is 17.2 Å². The van der Waals surface area contributed by atoms with Gasteiger partial charge in [0.15, 0.2) is 6.10 Å². The standard InChI is InChI=1S/C18H19ClO5/c1-2-23-17(18(21)22)16(20)14-9-8-13(10-15(14)19)24-11-12-6-4-3-5-7-12/h3-10,16-17,20H,2,11H2,1H3,(H,21,22)/t16-,17+/m1/s1. The summed E-state index contributed by atoms with van der Waals surface area (Å²) in [6.45, 7) is 2.21. The molecule has 0 fully saturated rings. The maximum atomic E-state index is 11.2. The first-order chi connectivity index (χ1) is 11.5. The molecule has 0 saturated heterocycles. The Morgan fingerprint density at radius 1 is 1.21 bits per heavy atom. The molecular weight excluding hydrogens is 332 g/mol. The first kappa shape index (κ1) is 18.3. The number of aliphatic hydroxyl groups excluding tert-OH is 1. The fourth-order valence-corrected chi connectivity index (χ4v) is 2.50. The average molecular weight is 351 g/mol. The molecule has 0 heterocycles. The van der Waals surface area contributed by atoms with E-state index in [0.717, 1.165) is 5.56 Å². The Morgan fingerprint density at radius 2 is 1.92 bits per heavy atom. The van der Waals surface area contributed by atoms with E-state index in [1.807, 2.05) is 30.3 Å². The number of aliphatic hydroxyl groups is 1. The third kappa shape index (κ3) is 4.71. The predicted octanol–water partition coefficient (Wildman–Crippen LogP) is 3.44. The summed E-state index contributed by atoms with van der Waals surface area (Å²) in [6.07, 6.45) is -2.73. The Bertz CT molecular complexity index is 674. The molecule has 6 heteroatoms. The van der Waals surface area contributed by atoms with Crippen LogP contribution in [-0.4, -0.2) is 28.9 Å². The number of hydrogen-bond donors (Lipinski definition) is 2. The van der Waals surface area contributed by atoms with E-state index in [9.17, 15) is 9.90 Å². The lowest BCUT2D eigenvalue weighted by atomic mass is 10.0. The molecule has 2 atom stereocenters. The van der Waals surface area contributed by atoms with E-state index in [0.29, 0.717) is 12.4 Å². The maximum Gasteiger partial charge on any atom is 0.335 e. The Labute approximate surface area is 145 Å². The van der Waals surface area contributed by atoms with Crippen molar-refractivity contribution >= 4 is 17.6 Å². The summed E-state index contributed by atoms with van der Waals surface area (Å²) in [6, 6.07) is 14.4. The molecule has 0 amide bonds. The second kappa shape index (κ2) is 8.68. The van der Waals surface area contributed by atoms with E-state index < -0.39 is 18.2 Å². The third-order valence-corrected chi connectivity index (χ3v) is 3.74. The highest BCUT2D eigenvalue weighted by molar-refractivity contribution is 6.31.